The summed E-state index contributed by atoms with van der Waals surface area (Å²) in [6.45, 7) is 9.42. The predicted molar refractivity (Wildman–Crippen MR) is 376 cm³/mol. The summed E-state index contributed by atoms with van der Waals surface area (Å²) in [5, 5.41) is 0. The number of fused-ring (bicyclic) bond motifs is 6. The fraction of sp³-hybridized carbons (Fsp3) is 0.375. The lowest BCUT2D eigenvalue weighted by molar-refractivity contribution is 0.398. The van der Waals surface area contributed by atoms with Crippen molar-refractivity contribution in [2.24, 2.45) is 0 Å². The molecule has 88 heavy (non-hydrogen) atoms. The van der Waals surface area contributed by atoms with Crippen molar-refractivity contribution in [2.45, 2.75) is 167 Å². The number of ether oxygens (including phenoxy) is 4. The van der Waals surface area contributed by atoms with Crippen LogP contribution in [-0.2, 0) is 10.8 Å². The number of rotatable bonds is 32. The summed E-state index contributed by atoms with van der Waals surface area (Å²) < 4.78 is 22.4. The van der Waals surface area contributed by atoms with E-state index in [0.717, 1.165) is 57.1 Å². The van der Waals surface area contributed by atoms with E-state index in [2.05, 4.69) is 181 Å². The van der Waals surface area contributed by atoms with Crippen LogP contribution in [0.2, 0.25) is 0 Å². The fourth-order valence-electron chi connectivity index (χ4n) is 14.3. The molecule has 0 radical (unpaired) electrons. The third kappa shape index (κ3) is 12.8. The smallest absolute Gasteiger partial charge is 0.119 e. The highest BCUT2D eigenvalue weighted by Gasteiger charge is 2.49. The van der Waals surface area contributed by atoms with Crippen LogP contribution in [0.4, 0.5) is 34.1 Å². The zero-order valence-corrected chi connectivity index (χ0v) is 55.3. The predicted octanol–water partition coefficient (Wildman–Crippen LogP) is 24.5. The normalized spacial score (nSPS) is 13.2. The Bertz CT molecular complexity index is 3310. The lowest BCUT2D eigenvalue weighted by Gasteiger charge is -2.34. The van der Waals surface area contributed by atoms with Crippen molar-refractivity contribution in [3.8, 4) is 64.8 Å². The Labute approximate surface area is 534 Å². The summed E-state index contributed by atoms with van der Waals surface area (Å²) in [4.78, 5) is 10.4. The topological polar surface area (TPSA) is 43.4 Å². The van der Waals surface area contributed by atoms with Crippen LogP contribution < -0.4 is 28.7 Å². The van der Waals surface area contributed by atoms with Crippen LogP contribution in [0, 0.1) is 0 Å². The van der Waals surface area contributed by atoms with Crippen molar-refractivity contribution in [1.82, 2.24) is 0 Å². The summed E-state index contributed by atoms with van der Waals surface area (Å²) in [7, 11) is 6.90. The molecule has 11 rings (SSSR count). The molecule has 2 aliphatic rings. The third-order valence-corrected chi connectivity index (χ3v) is 21.6. The summed E-state index contributed by atoms with van der Waals surface area (Å²) in [6.07, 6.45) is 24.8. The van der Waals surface area contributed by atoms with E-state index < -0.39 is 0 Å². The maximum Gasteiger partial charge on any atom is 0.119 e. The molecular weight excluding hydrogens is 1120 g/mol. The Hall–Kier alpha value is -7.26. The van der Waals surface area contributed by atoms with Crippen molar-refractivity contribution in [3.05, 3.63) is 192 Å². The molecule has 9 aromatic rings. The minimum absolute atomic E-state index is 0.0569. The molecule has 2 aromatic heterocycles. The zero-order valence-electron chi connectivity index (χ0n) is 53.7. The van der Waals surface area contributed by atoms with E-state index in [4.69, 9.17) is 18.9 Å². The Kier molecular flexibility index (Phi) is 20.5. The van der Waals surface area contributed by atoms with Gasteiger partial charge in [0.25, 0.3) is 0 Å². The number of hydrogen-bond acceptors (Lipinski definition) is 8. The molecule has 2 aliphatic carbocycles. The molecule has 0 aliphatic heterocycles. The molecule has 2 heterocycles. The highest BCUT2D eigenvalue weighted by atomic mass is 32.1. The van der Waals surface area contributed by atoms with E-state index in [1.54, 1.807) is 50.7 Å². The van der Waals surface area contributed by atoms with Crippen molar-refractivity contribution in [3.63, 3.8) is 0 Å². The second-order valence-corrected chi connectivity index (χ2v) is 26.7. The largest absolute Gasteiger partial charge is 0.497 e. The van der Waals surface area contributed by atoms with Gasteiger partial charge < -0.3 is 28.7 Å². The molecule has 0 unspecified atom stereocenters. The van der Waals surface area contributed by atoms with Gasteiger partial charge in [-0.05, 0) is 216 Å². The number of unbranched alkanes of at least 4 members (excludes halogenated alkanes) is 12. The van der Waals surface area contributed by atoms with Gasteiger partial charge in [0.2, 0.25) is 0 Å². The van der Waals surface area contributed by atoms with Gasteiger partial charge in [0.05, 0.1) is 28.4 Å². The van der Waals surface area contributed by atoms with Crippen molar-refractivity contribution >= 4 is 56.8 Å². The minimum atomic E-state index is -0.0569. The molecule has 0 saturated carbocycles. The SMILES string of the molecule is CCCCCCC1(CCCCCC)c2cc3c(cc2-c2sc(-c4ccc(N(c5ccc(OC)cc5)c5ccc(OC)cc5)cc4)cc21)C(CCCCCC)(CCCCCC)c1cc(-c2ccc(N(c4ccc(OC)cc4)c4ccc(OC)cc4)cc2)sc1-3. The Balaban J connectivity index is 1.03. The summed E-state index contributed by atoms with van der Waals surface area (Å²) in [6, 6.07) is 63.1. The molecule has 0 atom stereocenters. The number of thiophene rings is 2. The molecule has 0 bridgehead atoms. The number of hydrogen-bond donors (Lipinski definition) is 0. The zero-order chi connectivity index (χ0) is 61.0. The van der Waals surface area contributed by atoms with E-state index in [9.17, 15) is 0 Å². The summed E-state index contributed by atoms with van der Waals surface area (Å²) >= 11 is 4.11. The fourth-order valence-corrected chi connectivity index (χ4v) is 16.9. The van der Waals surface area contributed by atoms with Gasteiger partial charge in [-0.15, -0.1) is 22.7 Å². The van der Waals surface area contributed by atoms with Gasteiger partial charge in [-0.3, -0.25) is 0 Å². The molecular formula is C80H92N2O4S2. The molecule has 0 saturated heterocycles. The Morgan fingerprint density at radius 1 is 0.295 bits per heavy atom. The van der Waals surface area contributed by atoms with Crippen LogP contribution in [-0.4, -0.2) is 28.4 Å². The first-order valence-electron chi connectivity index (χ1n) is 33.1. The first kappa shape index (κ1) is 62.4. The van der Waals surface area contributed by atoms with E-state index in [-0.39, 0.29) is 10.8 Å². The second kappa shape index (κ2) is 28.9. The average molecular weight is 1210 g/mol. The average Bonchev–Trinajstić information content (AvgIpc) is 1.54. The van der Waals surface area contributed by atoms with Gasteiger partial charge >= 0.3 is 0 Å². The Morgan fingerprint density at radius 3 is 0.784 bits per heavy atom. The maximum absolute atomic E-state index is 5.59. The maximum atomic E-state index is 5.59. The third-order valence-electron chi connectivity index (χ3n) is 19.1. The molecule has 8 heteroatoms. The molecule has 0 amide bonds. The monoisotopic (exact) mass is 1210 g/mol. The van der Waals surface area contributed by atoms with Crippen molar-refractivity contribution in [2.75, 3.05) is 38.2 Å². The molecule has 7 aromatic carbocycles. The van der Waals surface area contributed by atoms with E-state index in [1.165, 1.54) is 170 Å². The van der Waals surface area contributed by atoms with Crippen molar-refractivity contribution in [1.29, 1.82) is 0 Å². The standard InChI is InChI=1S/C80H92N2O4S2/c1-9-13-17-21-49-79(50-22-18-14-10-2)71-53-70-72(54-69(71)77-73(79)55-75(87-77)57-25-29-59(30-26-57)81(61-33-41-65(83-5)42-34-61)62-35-43-66(84-6)44-36-62)80(51-23-19-15-11-3,52-24-20-16-12-4)74-56-76(88-78(70)74)58-27-31-60(32-28-58)82(63-37-45-67(85-7)46-38-63)64-39-47-68(86-8)48-40-64/h25-48,53-56H,9-24,49-52H2,1-8H3. The number of methoxy groups -OCH3 is 4. The lowest BCUT2D eigenvalue weighted by atomic mass is 9.68. The van der Waals surface area contributed by atoms with Gasteiger partial charge in [0.1, 0.15) is 23.0 Å². The van der Waals surface area contributed by atoms with Gasteiger partial charge in [-0.1, -0.05) is 155 Å². The van der Waals surface area contributed by atoms with Crippen molar-refractivity contribution < 1.29 is 18.9 Å². The first-order chi connectivity index (χ1) is 43.2. The van der Waals surface area contributed by atoms with Gasteiger partial charge in [-0.2, -0.15) is 0 Å². The van der Waals surface area contributed by atoms with Crippen LogP contribution >= 0.6 is 22.7 Å². The van der Waals surface area contributed by atoms with Crippen LogP contribution in [0.1, 0.15) is 178 Å². The van der Waals surface area contributed by atoms with Crippen LogP contribution in [0.3, 0.4) is 0 Å². The van der Waals surface area contributed by atoms with E-state index in [0.29, 0.717) is 0 Å². The molecule has 458 valence electrons. The Morgan fingerprint density at radius 2 is 0.545 bits per heavy atom. The quantitative estimate of drug-likeness (QED) is 0.0392. The first-order valence-corrected chi connectivity index (χ1v) is 34.7. The molecule has 0 spiro atoms. The van der Waals surface area contributed by atoms with E-state index in [1.807, 2.05) is 48.5 Å². The molecule has 6 nitrogen and oxygen atoms in total. The number of benzene rings is 7. The highest BCUT2D eigenvalue weighted by molar-refractivity contribution is 7.19. The summed E-state index contributed by atoms with van der Waals surface area (Å²) in [5.41, 5.74) is 18.3. The molecule has 0 fully saturated rings. The van der Waals surface area contributed by atoms with Crippen LogP contribution in [0.25, 0.3) is 41.8 Å². The number of nitrogens with zero attached hydrogens (tertiary/aromatic N) is 2. The number of anilines is 6. The van der Waals surface area contributed by atoms with Crippen LogP contribution in [0.5, 0.6) is 23.0 Å². The van der Waals surface area contributed by atoms with Gasteiger partial charge in [0.15, 0.2) is 0 Å². The van der Waals surface area contributed by atoms with Gasteiger partial charge in [0, 0.05) is 64.5 Å². The minimum Gasteiger partial charge on any atom is -0.497 e. The van der Waals surface area contributed by atoms with Crippen LogP contribution in [0.15, 0.2) is 170 Å². The second-order valence-electron chi connectivity index (χ2n) is 24.6. The van der Waals surface area contributed by atoms with E-state index >= 15 is 0 Å². The lowest BCUT2D eigenvalue weighted by Crippen LogP contribution is -2.27. The summed E-state index contributed by atoms with van der Waals surface area (Å²) in [5.74, 6) is 3.36. The highest BCUT2D eigenvalue weighted by Crippen LogP contribution is 2.65. The molecule has 0 N–H and O–H groups in total. The van der Waals surface area contributed by atoms with Gasteiger partial charge in [-0.25, -0.2) is 0 Å².